The fourth-order valence-corrected chi connectivity index (χ4v) is 10.5. The number of hydrogen-bond donors (Lipinski definition) is 0. The molecular formula is C58H38N2S. The van der Waals surface area contributed by atoms with Crippen LogP contribution in [0.3, 0.4) is 0 Å². The van der Waals surface area contributed by atoms with Crippen molar-refractivity contribution in [3.8, 4) is 39.1 Å². The van der Waals surface area contributed by atoms with Crippen LogP contribution in [-0.2, 0) is 0 Å². The van der Waals surface area contributed by atoms with Crippen LogP contribution in [0.5, 0.6) is 0 Å². The predicted octanol–water partition coefficient (Wildman–Crippen LogP) is 16.8. The van der Waals surface area contributed by atoms with E-state index in [0.717, 1.165) is 28.3 Å². The van der Waals surface area contributed by atoms with E-state index in [0.29, 0.717) is 0 Å². The minimum absolute atomic E-state index is 1.09. The first-order valence-electron chi connectivity index (χ1n) is 20.8. The van der Waals surface area contributed by atoms with E-state index in [4.69, 9.17) is 0 Å². The van der Waals surface area contributed by atoms with Crippen LogP contribution < -0.4 is 4.90 Å². The van der Waals surface area contributed by atoms with E-state index in [1.54, 1.807) is 0 Å². The lowest BCUT2D eigenvalue weighted by Gasteiger charge is -2.29. The van der Waals surface area contributed by atoms with Gasteiger partial charge in [-0.25, -0.2) is 0 Å². The largest absolute Gasteiger partial charge is 0.310 e. The maximum atomic E-state index is 2.47. The molecule has 0 radical (unpaired) electrons. The van der Waals surface area contributed by atoms with Gasteiger partial charge in [-0.1, -0.05) is 164 Å². The van der Waals surface area contributed by atoms with Crippen molar-refractivity contribution in [3.63, 3.8) is 0 Å². The summed E-state index contributed by atoms with van der Waals surface area (Å²) in [7, 11) is 0. The average molecular weight is 795 g/mol. The molecule has 0 N–H and O–H groups in total. The third kappa shape index (κ3) is 6.01. The van der Waals surface area contributed by atoms with Gasteiger partial charge in [0.15, 0.2) is 0 Å². The number of rotatable bonds is 7. The van der Waals surface area contributed by atoms with Gasteiger partial charge in [0.2, 0.25) is 0 Å². The molecule has 0 aliphatic carbocycles. The molecular weight excluding hydrogens is 757 g/mol. The first-order chi connectivity index (χ1) is 30.2. The molecule has 0 saturated heterocycles. The summed E-state index contributed by atoms with van der Waals surface area (Å²) in [6.45, 7) is 0. The monoisotopic (exact) mass is 794 g/mol. The van der Waals surface area contributed by atoms with Crippen molar-refractivity contribution < 1.29 is 0 Å². The van der Waals surface area contributed by atoms with Gasteiger partial charge in [-0.3, -0.25) is 0 Å². The van der Waals surface area contributed by atoms with Crippen molar-refractivity contribution in [2.45, 2.75) is 0 Å². The van der Waals surface area contributed by atoms with E-state index in [1.807, 2.05) is 11.3 Å². The van der Waals surface area contributed by atoms with Crippen LogP contribution in [0.1, 0.15) is 0 Å². The molecule has 61 heavy (non-hydrogen) atoms. The Labute approximate surface area is 358 Å². The molecule has 2 heterocycles. The van der Waals surface area contributed by atoms with E-state index in [2.05, 4.69) is 240 Å². The van der Waals surface area contributed by atoms with Gasteiger partial charge in [0.1, 0.15) is 0 Å². The Morgan fingerprint density at radius 1 is 0.344 bits per heavy atom. The van der Waals surface area contributed by atoms with Crippen LogP contribution in [0.25, 0.3) is 91.8 Å². The molecule has 286 valence electrons. The molecule has 2 nitrogen and oxygen atoms in total. The van der Waals surface area contributed by atoms with Crippen molar-refractivity contribution in [2.24, 2.45) is 0 Å². The first-order valence-corrected chi connectivity index (χ1v) is 21.6. The number of nitrogens with zero attached hydrogens (tertiary/aromatic N) is 2. The summed E-state index contributed by atoms with van der Waals surface area (Å²) < 4.78 is 5.02. The van der Waals surface area contributed by atoms with Gasteiger partial charge < -0.3 is 9.47 Å². The summed E-state index contributed by atoms with van der Waals surface area (Å²) in [6, 6.07) is 84.3. The average Bonchev–Trinajstić information content (AvgIpc) is 3.88. The van der Waals surface area contributed by atoms with Crippen molar-refractivity contribution in [2.75, 3.05) is 4.90 Å². The SMILES string of the molecule is c1ccc(-c2ccc(N(c3ccc(-c4ccc5ccccc5c4)cc3)c3cc4c(cc3-c3cccc5c3sc3ccccc35)c3ccccc3n4-c3ccccc3)cc2)cc1. The summed E-state index contributed by atoms with van der Waals surface area (Å²) in [5.41, 5.74) is 14.0. The van der Waals surface area contributed by atoms with Gasteiger partial charge in [0, 0.05) is 59.1 Å². The van der Waals surface area contributed by atoms with Crippen molar-refractivity contribution >= 4 is 81.1 Å². The van der Waals surface area contributed by atoms with Crippen LogP contribution in [0, 0.1) is 0 Å². The maximum Gasteiger partial charge on any atom is 0.0562 e. The molecule has 0 spiro atoms. The summed E-state index contributed by atoms with van der Waals surface area (Å²) in [5, 5.41) is 7.53. The lowest BCUT2D eigenvalue weighted by molar-refractivity contribution is 1.18. The fourth-order valence-electron chi connectivity index (χ4n) is 9.25. The Hall–Kier alpha value is -7.72. The molecule has 0 atom stereocenters. The van der Waals surface area contributed by atoms with Gasteiger partial charge >= 0.3 is 0 Å². The Kier molecular flexibility index (Phi) is 8.39. The topological polar surface area (TPSA) is 8.17 Å². The maximum absolute atomic E-state index is 2.47. The number of fused-ring (bicyclic) bond motifs is 7. The predicted molar refractivity (Wildman–Crippen MR) is 262 cm³/mol. The molecule has 2 aromatic heterocycles. The second-order valence-electron chi connectivity index (χ2n) is 15.7. The van der Waals surface area contributed by atoms with Gasteiger partial charge in [0.25, 0.3) is 0 Å². The molecule has 0 saturated carbocycles. The zero-order valence-electron chi connectivity index (χ0n) is 33.2. The van der Waals surface area contributed by atoms with Crippen molar-refractivity contribution in [1.29, 1.82) is 0 Å². The third-order valence-electron chi connectivity index (χ3n) is 12.2. The molecule has 0 aliphatic heterocycles. The van der Waals surface area contributed by atoms with Crippen LogP contribution in [-0.4, -0.2) is 4.57 Å². The summed E-state index contributed by atoms with van der Waals surface area (Å²) >= 11 is 1.88. The molecule has 12 aromatic rings. The lowest BCUT2D eigenvalue weighted by atomic mass is 9.96. The molecule has 10 aromatic carbocycles. The number of anilines is 3. The third-order valence-corrected chi connectivity index (χ3v) is 13.4. The van der Waals surface area contributed by atoms with Gasteiger partial charge in [-0.05, 0) is 99.8 Å². The second kappa shape index (κ2) is 14.5. The van der Waals surface area contributed by atoms with Gasteiger partial charge in [-0.2, -0.15) is 0 Å². The Morgan fingerprint density at radius 3 is 1.70 bits per heavy atom. The summed E-state index contributed by atoms with van der Waals surface area (Å²) in [6.07, 6.45) is 0. The van der Waals surface area contributed by atoms with E-state index in [9.17, 15) is 0 Å². The zero-order chi connectivity index (χ0) is 40.3. The fraction of sp³-hybridized carbons (Fsp3) is 0. The number of hydrogen-bond acceptors (Lipinski definition) is 2. The Morgan fingerprint density at radius 2 is 0.934 bits per heavy atom. The Bertz CT molecular complexity index is 3560. The number of thiophene rings is 1. The highest BCUT2D eigenvalue weighted by molar-refractivity contribution is 7.26. The number of para-hydroxylation sites is 2. The molecule has 0 aliphatic rings. The second-order valence-corrected chi connectivity index (χ2v) is 16.8. The first kappa shape index (κ1) is 35.2. The summed E-state index contributed by atoms with van der Waals surface area (Å²) in [5.74, 6) is 0. The van der Waals surface area contributed by atoms with Crippen LogP contribution in [0.15, 0.2) is 231 Å². The highest BCUT2D eigenvalue weighted by Gasteiger charge is 2.24. The molecule has 0 amide bonds. The van der Waals surface area contributed by atoms with E-state index in [-0.39, 0.29) is 0 Å². The van der Waals surface area contributed by atoms with E-state index < -0.39 is 0 Å². The highest BCUT2D eigenvalue weighted by atomic mass is 32.1. The van der Waals surface area contributed by atoms with Gasteiger partial charge in [0.05, 0.1) is 16.7 Å². The summed E-state index contributed by atoms with van der Waals surface area (Å²) in [4.78, 5) is 2.47. The normalized spacial score (nSPS) is 11.6. The quantitative estimate of drug-likeness (QED) is 0.156. The lowest BCUT2D eigenvalue weighted by Crippen LogP contribution is -2.11. The minimum Gasteiger partial charge on any atom is -0.310 e. The minimum atomic E-state index is 1.09. The molecule has 0 bridgehead atoms. The van der Waals surface area contributed by atoms with Gasteiger partial charge in [-0.15, -0.1) is 11.3 Å². The Balaban J connectivity index is 1.14. The molecule has 0 fully saturated rings. The van der Waals surface area contributed by atoms with Crippen LogP contribution >= 0.6 is 11.3 Å². The number of benzene rings is 10. The van der Waals surface area contributed by atoms with Crippen LogP contribution in [0.2, 0.25) is 0 Å². The molecule has 3 heteroatoms. The molecule has 0 unspecified atom stereocenters. The van der Waals surface area contributed by atoms with E-state index in [1.165, 1.54) is 80.6 Å². The van der Waals surface area contributed by atoms with Crippen molar-refractivity contribution in [1.82, 2.24) is 4.57 Å². The molecule has 12 rings (SSSR count). The number of aromatic nitrogens is 1. The van der Waals surface area contributed by atoms with Crippen molar-refractivity contribution in [3.05, 3.63) is 231 Å². The zero-order valence-corrected chi connectivity index (χ0v) is 34.1. The van der Waals surface area contributed by atoms with E-state index >= 15 is 0 Å². The standard InChI is InChI=1S/C58H38N2S/c1-3-14-39(15-4-1)41-28-32-46(33-29-41)59(47-34-30-42(31-35-47)44-27-26-40-16-7-8-17-43(40)36-44)55-38-56-52(48-20-9-11-24-54(48)60(56)45-18-5-2-6-19-45)37-53(55)51-23-13-22-50-49-21-10-12-25-57(49)61-58(50)51/h1-38H. The van der Waals surface area contributed by atoms with Crippen LogP contribution in [0.4, 0.5) is 17.1 Å². The smallest absolute Gasteiger partial charge is 0.0562 e. The highest BCUT2D eigenvalue weighted by Crippen LogP contribution is 2.49.